The average Bonchev–Trinajstić information content (AvgIpc) is 2.37. The molecule has 1 fully saturated rings. The standard InChI is InChI=1S/C12H14N2O6S/c15-11(16)12(5-2-6-12)8-13-21(19,20)10-4-1-3-9(7-10)14(17)18/h1,3-4,7,13H,2,5-6,8H2,(H,15,16). The Morgan fingerprint density at radius 1 is 1.43 bits per heavy atom. The van der Waals surface area contributed by atoms with Gasteiger partial charge in [-0.1, -0.05) is 12.5 Å². The van der Waals surface area contributed by atoms with Gasteiger partial charge in [-0.15, -0.1) is 0 Å². The fourth-order valence-corrected chi connectivity index (χ4v) is 3.32. The Morgan fingerprint density at radius 2 is 2.10 bits per heavy atom. The Bertz CT molecular complexity index is 681. The second-order valence-corrected chi connectivity index (χ2v) is 6.79. The summed E-state index contributed by atoms with van der Waals surface area (Å²) in [5, 5.41) is 19.8. The Morgan fingerprint density at radius 3 is 2.57 bits per heavy atom. The number of hydrogen-bond acceptors (Lipinski definition) is 5. The fraction of sp³-hybridized carbons (Fsp3) is 0.417. The van der Waals surface area contributed by atoms with E-state index in [0.717, 1.165) is 12.5 Å². The third kappa shape index (κ3) is 3.03. The van der Waals surface area contributed by atoms with Crippen molar-refractivity contribution in [2.45, 2.75) is 24.2 Å². The van der Waals surface area contributed by atoms with Gasteiger partial charge in [0.15, 0.2) is 0 Å². The lowest BCUT2D eigenvalue weighted by atomic mass is 9.69. The summed E-state index contributed by atoms with van der Waals surface area (Å²) in [7, 11) is -3.98. The van der Waals surface area contributed by atoms with Gasteiger partial charge in [0.05, 0.1) is 15.2 Å². The minimum absolute atomic E-state index is 0.215. The van der Waals surface area contributed by atoms with Crippen LogP contribution < -0.4 is 4.72 Å². The van der Waals surface area contributed by atoms with E-state index in [-0.39, 0.29) is 17.1 Å². The molecular weight excluding hydrogens is 300 g/mol. The number of hydrogen-bond donors (Lipinski definition) is 2. The molecule has 0 amide bonds. The minimum Gasteiger partial charge on any atom is -0.481 e. The zero-order chi connectivity index (χ0) is 15.7. The maximum atomic E-state index is 12.1. The lowest BCUT2D eigenvalue weighted by Gasteiger charge is -2.37. The summed E-state index contributed by atoms with van der Waals surface area (Å²) in [6.45, 7) is -0.215. The molecule has 1 aromatic carbocycles. The van der Waals surface area contributed by atoms with Gasteiger partial charge >= 0.3 is 5.97 Å². The third-order valence-electron chi connectivity index (χ3n) is 3.70. The van der Waals surface area contributed by atoms with Crippen LogP contribution in [0.15, 0.2) is 29.2 Å². The summed E-state index contributed by atoms with van der Waals surface area (Å²) < 4.78 is 26.4. The number of nitrogens with one attached hydrogen (secondary N) is 1. The van der Waals surface area contributed by atoms with Crippen molar-refractivity contribution in [1.82, 2.24) is 4.72 Å². The van der Waals surface area contributed by atoms with Crippen molar-refractivity contribution in [3.8, 4) is 0 Å². The molecule has 0 spiro atoms. The van der Waals surface area contributed by atoms with Crippen molar-refractivity contribution >= 4 is 21.7 Å². The van der Waals surface area contributed by atoms with Crippen molar-refractivity contribution in [3.63, 3.8) is 0 Å². The smallest absolute Gasteiger partial charge is 0.310 e. The van der Waals surface area contributed by atoms with Gasteiger partial charge in [0, 0.05) is 18.7 Å². The molecule has 114 valence electrons. The first-order valence-electron chi connectivity index (χ1n) is 6.24. The number of sulfonamides is 1. The quantitative estimate of drug-likeness (QED) is 0.598. The number of nitrogens with zero attached hydrogens (tertiary/aromatic N) is 1. The average molecular weight is 314 g/mol. The van der Waals surface area contributed by atoms with Gasteiger partial charge in [-0.3, -0.25) is 14.9 Å². The summed E-state index contributed by atoms with van der Waals surface area (Å²) in [6, 6.07) is 4.62. The zero-order valence-electron chi connectivity index (χ0n) is 11.0. The highest BCUT2D eigenvalue weighted by Crippen LogP contribution is 2.40. The van der Waals surface area contributed by atoms with Gasteiger partial charge in [0.1, 0.15) is 0 Å². The van der Waals surface area contributed by atoms with Crippen molar-refractivity contribution in [2.75, 3.05) is 6.54 Å². The Labute approximate surface area is 121 Å². The van der Waals surface area contributed by atoms with E-state index in [0.29, 0.717) is 12.8 Å². The van der Waals surface area contributed by atoms with Crippen LogP contribution in [0.2, 0.25) is 0 Å². The van der Waals surface area contributed by atoms with E-state index in [2.05, 4.69) is 4.72 Å². The highest BCUT2D eigenvalue weighted by molar-refractivity contribution is 7.89. The lowest BCUT2D eigenvalue weighted by Crippen LogP contribution is -2.47. The predicted octanol–water partition coefficient (Wildman–Crippen LogP) is 1.13. The van der Waals surface area contributed by atoms with E-state index < -0.39 is 26.3 Å². The van der Waals surface area contributed by atoms with E-state index in [9.17, 15) is 23.3 Å². The van der Waals surface area contributed by atoms with Crippen molar-refractivity contribution in [2.24, 2.45) is 5.41 Å². The van der Waals surface area contributed by atoms with Gasteiger partial charge < -0.3 is 5.11 Å². The minimum atomic E-state index is -3.98. The molecule has 1 aromatic rings. The molecule has 0 heterocycles. The molecule has 0 atom stereocenters. The molecule has 0 bridgehead atoms. The molecular formula is C12H14N2O6S. The van der Waals surface area contributed by atoms with Crippen LogP contribution in [0.4, 0.5) is 5.69 Å². The van der Waals surface area contributed by atoms with Gasteiger partial charge in [0.25, 0.3) is 5.69 Å². The molecule has 8 nitrogen and oxygen atoms in total. The number of non-ortho nitro benzene ring substituents is 1. The second-order valence-electron chi connectivity index (χ2n) is 5.02. The van der Waals surface area contributed by atoms with Crippen LogP contribution in [0.3, 0.4) is 0 Å². The predicted molar refractivity (Wildman–Crippen MR) is 72.2 cm³/mol. The monoisotopic (exact) mass is 314 g/mol. The number of carboxylic acid groups (broad SMARTS) is 1. The lowest BCUT2D eigenvalue weighted by molar-refractivity contribution is -0.385. The summed E-state index contributed by atoms with van der Waals surface area (Å²) >= 11 is 0. The zero-order valence-corrected chi connectivity index (χ0v) is 11.8. The van der Waals surface area contributed by atoms with Crippen LogP contribution >= 0.6 is 0 Å². The van der Waals surface area contributed by atoms with Crippen LogP contribution in [0.1, 0.15) is 19.3 Å². The van der Waals surface area contributed by atoms with Crippen LogP contribution in [0.25, 0.3) is 0 Å². The molecule has 0 unspecified atom stereocenters. The molecule has 21 heavy (non-hydrogen) atoms. The Hall–Kier alpha value is -2.00. The summed E-state index contributed by atoms with van der Waals surface area (Å²) in [4.78, 5) is 20.9. The molecule has 0 saturated heterocycles. The first-order valence-corrected chi connectivity index (χ1v) is 7.73. The molecule has 0 aromatic heterocycles. The van der Waals surface area contributed by atoms with Crippen molar-refractivity contribution in [3.05, 3.63) is 34.4 Å². The first-order chi connectivity index (χ1) is 9.77. The third-order valence-corrected chi connectivity index (χ3v) is 5.10. The maximum Gasteiger partial charge on any atom is 0.310 e. The number of aliphatic carboxylic acids is 1. The SMILES string of the molecule is O=C(O)C1(CNS(=O)(=O)c2cccc([N+](=O)[O-])c2)CCC1. The number of carboxylic acids is 1. The molecule has 0 radical (unpaired) electrons. The molecule has 2 N–H and O–H groups in total. The van der Waals surface area contributed by atoms with Crippen molar-refractivity contribution in [1.29, 1.82) is 0 Å². The molecule has 1 aliphatic rings. The van der Waals surface area contributed by atoms with E-state index in [1.807, 2.05) is 0 Å². The normalized spacial score (nSPS) is 17.0. The van der Waals surface area contributed by atoms with E-state index >= 15 is 0 Å². The van der Waals surface area contributed by atoms with Crippen LogP contribution in [-0.2, 0) is 14.8 Å². The highest BCUT2D eigenvalue weighted by Gasteiger charge is 2.45. The topological polar surface area (TPSA) is 127 Å². The van der Waals surface area contributed by atoms with E-state index in [4.69, 9.17) is 5.11 Å². The number of rotatable bonds is 6. The highest BCUT2D eigenvalue weighted by atomic mass is 32.2. The molecule has 0 aliphatic heterocycles. The molecule has 1 saturated carbocycles. The number of carbonyl (C=O) groups is 1. The van der Waals surface area contributed by atoms with Gasteiger partial charge in [-0.2, -0.15) is 0 Å². The summed E-state index contributed by atoms with van der Waals surface area (Å²) in [5.74, 6) is -1.03. The van der Waals surface area contributed by atoms with Crippen molar-refractivity contribution < 1.29 is 23.2 Å². The van der Waals surface area contributed by atoms with Gasteiger partial charge in [-0.05, 0) is 18.9 Å². The Kier molecular flexibility index (Phi) is 3.97. The van der Waals surface area contributed by atoms with E-state index in [1.165, 1.54) is 18.2 Å². The molecule has 9 heteroatoms. The van der Waals surface area contributed by atoms with E-state index in [1.54, 1.807) is 0 Å². The maximum absolute atomic E-state index is 12.1. The van der Waals surface area contributed by atoms with Gasteiger partial charge in [-0.25, -0.2) is 13.1 Å². The number of nitro groups is 1. The number of benzene rings is 1. The number of nitro benzene ring substituents is 1. The fourth-order valence-electron chi connectivity index (χ4n) is 2.15. The van der Waals surface area contributed by atoms with Gasteiger partial charge in [0.2, 0.25) is 10.0 Å². The van der Waals surface area contributed by atoms with Crippen LogP contribution in [-0.4, -0.2) is 31.0 Å². The molecule has 1 aliphatic carbocycles. The summed E-state index contributed by atoms with van der Waals surface area (Å²) in [6.07, 6.45) is 1.57. The largest absolute Gasteiger partial charge is 0.481 e. The first kappa shape index (κ1) is 15.4. The summed E-state index contributed by atoms with van der Waals surface area (Å²) in [5.41, 5.74) is -1.40. The Balaban J connectivity index is 2.17. The second kappa shape index (κ2) is 5.41. The van der Waals surface area contributed by atoms with Crippen LogP contribution in [0.5, 0.6) is 0 Å². The van der Waals surface area contributed by atoms with Crippen LogP contribution in [0, 0.1) is 15.5 Å². The molecule has 2 rings (SSSR count).